The number of amides is 2. The largest absolute Gasteiger partial charge is 0.493 e. The number of hydrazine groups is 1. The number of imidazole rings is 1. The summed E-state index contributed by atoms with van der Waals surface area (Å²) in [7, 11) is 0. The topological polar surface area (TPSA) is 88.2 Å². The first-order chi connectivity index (χ1) is 14.8. The monoisotopic (exact) mass is 462 g/mol. The number of aromatic amines is 1. The zero-order valence-corrected chi connectivity index (χ0v) is 18.1. The van der Waals surface area contributed by atoms with Crippen LogP contribution in [-0.4, -0.2) is 28.0 Å². The molecule has 10 heteroatoms. The molecule has 0 bridgehead atoms. The van der Waals surface area contributed by atoms with E-state index in [4.69, 9.17) is 28.6 Å². The maximum atomic E-state index is 13.2. The lowest BCUT2D eigenvalue weighted by Gasteiger charge is -2.11. The summed E-state index contributed by atoms with van der Waals surface area (Å²) in [5.41, 5.74) is 6.30. The van der Waals surface area contributed by atoms with Crippen molar-refractivity contribution in [2.75, 3.05) is 6.61 Å². The van der Waals surface area contributed by atoms with Gasteiger partial charge in [0.2, 0.25) is 5.91 Å². The van der Waals surface area contributed by atoms with Gasteiger partial charge in [-0.25, -0.2) is 4.39 Å². The molecule has 31 heavy (non-hydrogen) atoms. The molecule has 0 atom stereocenters. The summed E-state index contributed by atoms with van der Waals surface area (Å²) in [6.07, 6.45) is 2.03. The molecule has 0 saturated heterocycles. The zero-order chi connectivity index (χ0) is 22.4. The lowest BCUT2D eigenvalue weighted by atomic mass is 10.2. The van der Waals surface area contributed by atoms with E-state index in [0.29, 0.717) is 29.5 Å². The van der Waals surface area contributed by atoms with Gasteiger partial charge in [-0.05, 0) is 73.6 Å². The van der Waals surface area contributed by atoms with E-state index >= 15 is 0 Å². The van der Waals surface area contributed by atoms with Gasteiger partial charge in [0.05, 0.1) is 6.61 Å². The van der Waals surface area contributed by atoms with Crippen molar-refractivity contribution in [3.8, 4) is 11.4 Å². The van der Waals surface area contributed by atoms with Crippen LogP contribution in [0.1, 0.15) is 28.9 Å². The molecule has 0 aliphatic rings. The minimum absolute atomic E-state index is 0.157. The second-order valence-electron chi connectivity index (χ2n) is 6.66. The highest BCUT2D eigenvalue weighted by molar-refractivity contribution is 7.71. The van der Waals surface area contributed by atoms with Crippen molar-refractivity contribution in [2.45, 2.75) is 19.8 Å². The number of H-pyrrole nitrogens is 1. The van der Waals surface area contributed by atoms with Gasteiger partial charge in [-0.3, -0.25) is 25.0 Å². The standard InChI is InChI=1S/C21H20ClFN4O3S/c1-13-11-14(22)4-9-18(13)30-10-2-3-19(28)25-26-20(29)17-12-24-21(31)27(17)16-7-5-15(23)6-8-16/h4-9,11-12H,2-3,10H2,1H3,(H,24,31)(H,25,28)(H,26,29). The number of aromatic nitrogens is 2. The number of nitrogens with one attached hydrogen (secondary N) is 3. The number of ether oxygens (including phenoxy) is 1. The number of hydrogen-bond acceptors (Lipinski definition) is 4. The Morgan fingerprint density at radius 2 is 1.94 bits per heavy atom. The molecule has 3 aromatic rings. The van der Waals surface area contributed by atoms with E-state index in [2.05, 4.69) is 15.8 Å². The molecule has 1 aromatic heterocycles. The van der Waals surface area contributed by atoms with E-state index < -0.39 is 11.7 Å². The molecule has 2 aromatic carbocycles. The van der Waals surface area contributed by atoms with Crippen molar-refractivity contribution in [1.29, 1.82) is 0 Å². The summed E-state index contributed by atoms with van der Waals surface area (Å²) in [6, 6.07) is 10.8. The Hall–Kier alpha value is -3.17. The molecular weight excluding hydrogens is 443 g/mol. The van der Waals surface area contributed by atoms with Gasteiger partial charge in [-0.1, -0.05) is 11.6 Å². The smallest absolute Gasteiger partial charge is 0.288 e. The highest BCUT2D eigenvalue weighted by Crippen LogP contribution is 2.22. The number of rotatable bonds is 7. The van der Waals surface area contributed by atoms with E-state index in [0.717, 1.165) is 5.56 Å². The number of benzene rings is 2. The Kier molecular flexibility index (Phi) is 7.43. The fraction of sp³-hybridized carbons (Fsp3) is 0.190. The third-order valence-corrected chi connectivity index (χ3v) is 4.89. The predicted molar refractivity (Wildman–Crippen MR) is 117 cm³/mol. The van der Waals surface area contributed by atoms with Crippen LogP contribution in [0.25, 0.3) is 5.69 Å². The maximum Gasteiger partial charge on any atom is 0.288 e. The van der Waals surface area contributed by atoms with Gasteiger partial charge in [0.1, 0.15) is 17.3 Å². The molecule has 0 radical (unpaired) electrons. The van der Waals surface area contributed by atoms with E-state index in [1.165, 1.54) is 35.0 Å². The van der Waals surface area contributed by atoms with Gasteiger partial charge in [0, 0.05) is 23.3 Å². The molecule has 3 N–H and O–H groups in total. The molecule has 0 unspecified atom stereocenters. The summed E-state index contributed by atoms with van der Waals surface area (Å²) >= 11 is 11.1. The number of nitrogens with zero attached hydrogens (tertiary/aromatic N) is 1. The minimum Gasteiger partial charge on any atom is -0.493 e. The summed E-state index contributed by atoms with van der Waals surface area (Å²) < 4.78 is 20.5. The molecule has 0 fully saturated rings. The van der Waals surface area contributed by atoms with Crippen LogP contribution < -0.4 is 15.6 Å². The van der Waals surface area contributed by atoms with Crippen molar-refractivity contribution in [3.63, 3.8) is 0 Å². The maximum absolute atomic E-state index is 13.2. The van der Waals surface area contributed by atoms with Crippen molar-refractivity contribution in [3.05, 3.63) is 75.5 Å². The number of aryl methyl sites for hydroxylation is 1. The normalized spacial score (nSPS) is 10.5. The van der Waals surface area contributed by atoms with Gasteiger partial charge < -0.3 is 9.72 Å². The lowest BCUT2D eigenvalue weighted by Crippen LogP contribution is -2.42. The number of carbonyl (C=O) groups is 2. The van der Waals surface area contributed by atoms with Crippen molar-refractivity contribution in [1.82, 2.24) is 20.4 Å². The van der Waals surface area contributed by atoms with Crippen LogP contribution in [0.3, 0.4) is 0 Å². The molecule has 0 aliphatic heterocycles. The Bertz CT molecular complexity index is 1140. The van der Waals surface area contributed by atoms with Crippen LogP contribution in [0.5, 0.6) is 5.75 Å². The van der Waals surface area contributed by atoms with Crippen LogP contribution >= 0.6 is 23.8 Å². The SMILES string of the molecule is Cc1cc(Cl)ccc1OCCCC(=O)NNC(=O)c1c[nH]c(=S)n1-c1ccc(F)cc1. The van der Waals surface area contributed by atoms with Gasteiger partial charge in [-0.2, -0.15) is 0 Å². The predicted octanol–water partition coefficient (Wildman–Crippen LogP) is 4.26. The minimum atomic E-state index is -0.571. The molecule has 7 nitrogen and oxygen atoms in total. The average Bonchev–Trinajstić information content (AvgIpc) is 3.13. The molecule has 3 rings (SSSR count). The second kappa shape index (κ2) is 10.2. The Balaban J connectivity index is 1.49. The molecule has 1 heterocycles. The highest BCUT2D eigenvalue weighted by atomic mass is 35.5. The summed E-state index contributed by atoms with van der Waals surface area (Å²) in [5, 5.41) is 0.631. The van der Waals surface area contributed by atoms with Crippen LogP contribution in [0.4, 0.5) is 4.39 Å². The first-order valence-corrected chi connectivity index (χ1v) is 10.2. The molecule has 0 saturated carbocycles. The van der Waals surface area contributed by atoms with Crippen molar-refractivity contribution in [2.24, 2.45) is 0 Å². The third kappa shape index (κ3) is 5.93. The molecule has 0 spiro atoms. The fourth-order valence-corrected chi connectivity index (χ4v) is 3.31. The van der Waals surface area contributed by atoms with Crippen LogP contribution in [-0.2, 0) is 4.79 Å². The van der Waals surface area contributed by atoms with E-state index in [1.54, 1.807) is 18.2 Å². The summed E-state index contributed by atoms with van der Waals surface area (Å²) in [5.74, 6) is -0.639. The Morgan fingerprint density at radius 3 is 2.65 bits per heavy atom. The lowest BCUT2D eigenvalue weighted by molar-refractivity contribution is -0.122. The number of hydrogen-bond donors (Lipinski definition) is 3. The molecule has 0 aliphatic carbocycles. The number of carbonyl (C=O) groups excluding carboxylic acids is 2. The third-order valence-electron chi connectivity index (χ3n) is 4.35. The molecular formula is C21H20ClFN4O3S. The van der Waals surface area contributed by atoms with Gasteiger partial charge in [0.25, 0.3) is 5.91 Å². The van der Waals surface area contributed by atoms with Crippen LogP contribution in [0.15, 0.2) is 48.7 Å². The van der Waals surface area contributed by atoms with Crippen LogP contribution in [0.2, 0.25) is 5.02 Å². The van der Waals surface area contributed by atoms with E-state index in [1.807, 2.05) is 6.92 Å². The molecule has 2 amide bonds. The second-order valence-corrected chi connectivity index (χ2v) is 7.48. The van der Waals surface area contributed by atoms with Gasteiger partial charge >= 0.3 is 0 Å². The molecule has 162 valence electrons. The Labute approximate surface area is 188 Å². The van der Waals surface area contributed by atoms with Crippen molar-refractivity contribution < 1.29 is 18.7 Å². The van der Waals surface area contributed by atoms with Gasteiger partial charge in [-0.15, -0.1) is 0 Å². The Morgan fingerprint density at radius 1 is 1.19 bits per heavy atom. The van der Waals surface area contributed by atoms with Crippen molar-refractivity contribution >= 4 is 35.6 Å². The number of halogens is 2. The average molecular weight is 463 g/mol. The fourth-order valence-electron chi connectivity index (χ4n) is 2.82. The summed E-state index contributed by atoms with van der Waals surface area (Å²) in [4.78, 5) is 27.3. The first-order valence-electron chi connectivity index (χ1n) is 9.39. The van der Waals surface area contributed by atoms with Crippen LogP contribution in [0, 0.1) is 17.5 Å². The van der Waals surface area contributed by atoms with Gasteiger partial charge in [0.15, 0.2) is 4.77 Å². The zero-order valence-electron chi connectivity index (χ0n) is 16.6. The summed E-state index contributed by atoms with van der Waals surface area (Å²) in [6.45, 7) is 2.22. The first kappa shape index (κ1) is 22.5. The quantitative estimate of drug-likeness (QED) is 0.278. The van der Waals surface area contributed by atoms with E-state index in [9.17, 15) is 14.0 Å². The highest BCUT2D eigenvalue weighted by Gasteiger charge is 2.15. The van der Waals surface area contributed by atoms with E-state index in [-0.39, 0.29) is 22.8 Å².